The van der Waals surface area contributed by atoms with Crippen molar-refractivity contribution < 1.29 is 32.2 Å². The Hall–Kier alpha value is -1.38. The number of halogens is 5. The van der Waals surface area contributed by atoms with Gasteiger partial charge in [-0.1, -0.05) is 11.6 Å². The highest BCUT2D eigenvalue weighted by Crippen LogP contribution is 2.18. The molecule has 0 saturated carbocycles. The Morgan fingerprint density at radius 3 is 2.43 bits per heavy atom. The lowest BCUT2D eigenvalue weighted by Gasteiger charge is -2.27. The molecule has 21 heavy (non-hydrogen) atoms. The number of carboxylic acids is 1. The van der Waals surface area contributed by atoms with Crippen LogP contribution in [0.2, 0.25) is 5.02 Å². The van der Waals surface area contributed by atoms with Crippen LogP contribution in [-0.4, -0.2) is 36.4 Å². The fraction of sp³-hybridized carbons (Fsp3) is 0.417. The zero-order valence-electron chi connectivity index (χ0n) is 10.6. The summed E-state index contributed by atoms with van der Waals surface area (Å²) in [5.74, 6) is -3.03. The van der Waals surface area contributed by atoms with Gasteiger partial charge in [-0.15, -0.1) is 0 Å². The van der Waals surface area contributed by atoms with E-state index in [2.05, 4.69) is 5.32 Å². The minimum atomic E-state index is -5.08. The molecule has 2 N–H and O–H groups in total. The standard InChI is InChI=1S/C10H11ClFNO.C2HF3O2/c11-10-2-1-8(12)3-7(10)6-14-9-4-13-5-9;3-2(4,5)1(6)7/h1-3,9,13H,4-6H2;(H,6,7). The van der Waals surface area contributed by atoms with Gasteiger partial charge in [0.05, 0.1) is 12.7 Å². The molecule has 0 aromatic heterocycles. The SMILES string of the molecule is Fc1ccc(Cl)c(COC2CNC2)c1.O=C(O)C(F)(F)F. The van der Waals surface area contributed by atoms with Gasteiger partial charge in [-0.2, -0.15) is 13.2 Å². The molecule has 1 saturated heterocycles. The highest BCUT2D eigenvalue weighted by Gasteiger charge is 2.38. The largest absolute Gasteiger partial charge is 0.490 e. The van der Waals surface area contributed by atoms with E-state index >= 15 is 0 Å². The molecule has 9 heteroatoms. The Morgan fingerprint density at radius 1 is 1.43 bits per heavy atom. The zero-order chi connectivity index (χ0) is 16.0. The topological polar surface area (TPSA) is 58.6 Å². The predicted molar refractivity (Wildman–Crippen MR) is 66.5 cm³/mol. The second-order valence-corrected chi connectivity index (χ2v) is 4.54. The van der Waals surface area contributed by atoms with Crippen LogP contribution in [0.1, 0.15) is 5.56 Å². The number of ether oxygens (including phenoxy) is 1. The molecule has 0 radical (unpaired) electrons. The highest BCUT2D eigenvalue weighted by molar-refractivity contribution is 6.31. The summed E-state index contributed by atoms with van der Waals surface area (Å²) in [7, 11) is 0. The number of aliphatic carboxylic acids is 1. The molecule has 1 aromatic rings. The van der Waals surface area contributed by atoms with Crippen LogP contribution in [0.15, 0.2) is 18.2 Å². The number of carbonyl (C=O) groups is 1. The van der Waals surface area contributed by atoms with Gasteiger partial charge in [0.1, 0.15) is 5.82 Å². The molecule has 1 aliphatic rings. The summed E-state index contributed by atoms with van der Waals surface area (Å²) in [6, 6.07) is 4.31. The maximum atomic E-state index is 12.8. The molecular weight excluding hydrogens is 318 g/mol. The van der Waals surface area contributed by atoms with Crippen molar-refractivity contribution in [3.8, 4) is 0 Å². The molecule has 1 aromatic carbocycles. The average Bonchev–Trinajstić information content (AvgIpc) is 2.31. The van der Waals surface area contributed by atoms with Gasteiger partial charge in [-0.25, -0.2) is 9.18 Å². The van der Waals surface area contributed by atoms with E-state index in [0.717, 1.165) is 13.1 Å². The van der Waals surface area contributed by atoms with E-state index in [1.54, 1.807) is 6.07 Å². The maximum absolute atomic E-state index is 12.8. The van der Waals surface area contributed by atoms with E-state index in [9.17, 15) is 17.6 Å². The second kappa shape index (κ2) is 7.58. The van der Waals surface area contributed by atoms with Crippen molar-refractivity contribution in [3.05, 3.63) is 34.6 Å². The predicted octanol–water partition coefficient (Wildman–Crippen LogP) is 2.60. The van der Waals surface area contributed by atoms with Gasteiger partial charge < -0.3 is 15.2 Å². The minimum Gasteiger partial charge on any atom is -0.475 e. The number of rotatable bonds is 3. The lowest BCUT2D eigenvalue weighted by molar-refractivity contribution is -0.192. The molecule has 118 valence electrons. The minimum absolute atomic E-state index is 0.245. The first-order valence-corrected chi connectivity index (χ1v) is 6.14. The van der Waals surface area contributed by atoms with Gasteiger partial charge in [0, 0.05) is 18.1 Å². The third kappa shape index (κ3) is 6.28. The number of hydrogen-bond donors (Lipinski definition) is 2. The first kappa shape index (κ1) is 17.7. The molecule has 1 aliphatic heterocycles. The van der Waals surface area contributed by atoms with Crippen molar-refractivity contribution >= 4 is 17.6 Å². The Labute approximate surface area is 122 Å². The van der Waals surface area contributed by atoms with Crippen molar-refractivity contribution in [2.24, 2.45) is 0 Å². The van der Waals surface area contributed by atoms with Crippen molar-refractivity contribution in [1.82, 2.24) is 5.32 Å². The van der Waals surface area contributed by atoms with Gasteiger partial charge in [-0.05, 0) is 23.8 Å². The number of hydrogen-bond acceptors (Lipinski definition) is 3. The third-order valence-corrected chi connectivity index (χ3v) is 2.84. The zero-order valence-corrected chi connectivity index (χ0v) is 11.3. The lowest BCUT2D eigenvalue weighted by atomic mass is 10.2. The lowest BCUT2D eigenvalue weighted by Crippen LogP contribution is -2.48. The first-order valence-electron chi connectivity index (χ1n) is 5.76. The highest BCUT2D eigenvalue weighted by atomic mass is 35.5. The molecule has 0 aliphatic carbocycles. The molecule has 4 nitrogen and oxygen atoms in total. The molecule has 0 unspecified atom stereocenters. The van der Waals surface area contributed by atoms with Crippen molar-refractivity contribution in [3.63, 3.8) is 0 Å². The van der Waals surface area contributed by atoms with Gasteiger partial charge in [0.15, 0.2) is 0 Å². The molecule has 1 fully saturated rings. The molecule has 0 atom stereocenters. The van der Waals surface area contributed by atoms with Gasteiger partial charge >= 0.3 is 12.1 Å². The van der Waals surface area contributed by atoms with E-state index in [1.165, 1.54) is 12.1 Å². The van der Waals surface area contributed by atoms with Crippen molar-refractivity contribution in [1.29, 1.82) is 0 Å². The third-order valence-electron chi connectivity index (χ3n) is 2.47. The summed E-state index contributed by atoms with van der Waals surface area (Å²) in [5, 5.41) is 10.8. The summed E-state index contributed by atoms with van der Waals surface area (Å²) in [6.07, 6.45) is -4.84. The molecule has 1 heterocycles. The van der Waals surface area contributed by atoms with Crippen LogP contribution in [-0.2, 0) is 16.1 Å². The molecule has 2 rings (SSSR count). The Bertz CT molecular complexity index is 492. The van der Waals surface area contributed by atoms with E-state index < -0.39 is 12.1 Å². The molecule has 0 spiro atoms. The van der Waals surface area contributed by atoms with E-state index in [0.29, 0.717) is 17.2 Å². The number of benzene rings is 1. The summed E-state index contributed by atoms with van der Waals surface area (Å²) >= 11 is 5.88. The number of nitrogens with one attached hydrogen (secondary N) is 1. The smallest absolute Gasteiger partial charge is 0.475 e. The van der Waals surface area contributed by atoms with E-state index in [-0.39, 0.29) is 11.9 Å². The second-order valence-electron chi connectivity index (χ2n) is 4.13. The summed E-state index contributed by atoms with van der Waals surface area (Å²) < 4.78 is 50.1. The molecule has 0 bridgehead atoms. The van der Waals surface area contributed by atoms with Crippen molar-refractivity contribution in [2.45, 2.75) is 18.9 Å². The quantitative estimate of drug-likeness (QED) is 0.837. The van der Waals surface area contributed by atoms with Gasteiger partial charge in [-0.3, -0.25) is 0 Å². The molecule has 0 amide bonds. The fourth-order valence-electron chi connectivity index (χ4n) is 1.24. The Balaban J connectivity index is 0.000000270. The Kier molecular flexibility index (Phi) is 6.38. The van der Waals surface area contributed by atoms with Crippen LogP contribution in [0.5, 0.6) is 0 Å². The monoisotopic (exact) mass is 329 g/mol. The first-order chi connectivity index (χ1) is 9.70. The van der Waals surface area contributed by atoms with Crippen LogP contribution >= 0.6 is 11.6 Å². The van der Waals surface area contributed by atoms with Crippen LogP contribution < -0.4 is 5.32 Å². The number of carboxylic acid groups (broad SMARTS) is 1. The van der Waals surface area contributed by atoms with Crippen LogP contribution in [0.4, 0.5) is 17.6 Å². The maximum Gasteiger partial charge on any atom is 0.490 e. The summed E-state index contributed by atoms with van der Waals surface area (Å²) in [4.78, 5) is 8.90. The average molecular weight is 330 g/mol. The van der Waals surface area contributed by atoms with Crippen LogP contribution in [0.3, 0.4) is 0 Å². The van der Waals surface area contributed by atoms with E-state index in [1.807, 2.05) is 0 Å². The summed E-state index contributed by atoms with van der Waals surface area (Å²) in [6.45, 7) is 2.11. The van der Waals surface area contributed by atoms with Gasteiger partial charge in [0.25, 0.3) is 0 Å². The number of alkyl halides is 3. The van der Waals surface area contributed by atoms with Crippen molar-refractivity contribution in [2.75, 3.05) is 13.1 Å². The van der Waals surface area contributed by atoms with E-state index in [4.69, 9.17) is 26.2 Å². The van der Waals surface area contributed by atoms with Gasteiger partial charge in [0.2, 0.25) is 0 Å². The van der Waals surface area contributed by atoms with Crippen LogP contribution in [0, 0.1) is 5.82 Å². The Morgan fingerprint density at radius 2 is 2.00 bits per heavy atom. The molecular formula is C12H12ClF4NO3. The summed E-state index contributed by atoms with van der Waals surface area (Å²) in [5.41, 5.74) is 0.707. The van der Waals surface area contributed by atoms with Crippen LogP contribution in [0.25, 0.3) is 0 Å². The fourth-order valence-corrected chi connectivity index (χ4v) is 1.41. The normalized spacial score (nSPS) is 14.9.